The second kappa shape index (κ2) is 7.19. The Hall–Kier alpha value is -1.93. The highest BCUT2D eigenvalue weighted by Crippen LogP contribution is 2.23. The van der Waals surface area contributed by atoms with Crippen LogP contribution in [0.2, 0.25) is 5.15 Å². The van der Waals surface area contributed by atoms with Crippen molar-refractivity contribution in [3.63, 3.8) is 0 Å². The van der Waals surface area contributed by atoms with Crippen LogP contribution in [-0.4, -0.2) is 53.6 Å². The summed E-state index contributed by atoms with van der Waals surface area (Å²) in [5, 5.41) is 13.8. The van der Waals surface area contributed by atoms with Crippen molar-refractivity contribution < 1.29 is 14.5 Å². The lowest BCUT2D eigenvalue weighted by Crippen LogP contribution is -2.41. The summed E-state index contributed by atoms with van der Waals surface area (Å²) in [7, 11) is 0. The number of aromatic nitrogens is 1. The molecule has 0 spiro atoms. The lowest BCUT2D eigenvalue weighted by Gasteiger charge is -2.26. The van der Waals surface area contributed by atoms with Gasteiger partial charge in [-0.25, -0.2) is 4.98 Å². The van der Waals surface area contributed by atoms with E-state index < -0.39 is 4.92 Å². The van der Waals surface area contributed by atoms with E-state index in [2.05, 4.69) is 10.3 Å². The van der Waals surface area contributed by atoms with Gasteiger partial charge < -0.3 is 15.0 Å². The summed E-state index contributed by atoms with van der Waals surface area (Å²) in [6, 6.07) is 2.63. The van der Waals surface area contributed by atoms with Gasteiger partial charge in [0, 0.05) is 32.1 Å². The van der Waals surface area contributed by atoms with Gasteiger partial charge in [-0.2, -0.15) is 0 Å². The Morgan fingerprint density at radius 1 is 1.48 bits per heavy atom. The number of nitrogens with zero attached hydrogens (tertiary/aromatic N) is 3. The number of hydrogen-bond acceptors (Lipinski definition) is 6. The summed E-state index contributed by atoms with van der Waals surface area (Å²) >= 11 is 5.72. The molecule has 0 unspecified atom stereocenters. The highest BCUT2D eigenvalue weighted by Gasteiger charge is 2.18. The maximum atomic E-state index is 11.9. The largest absolute Gasteiger partial charge is 0.378 e. The van der Waals surface area contributed by atoms with E-state index in [0.29, 0.717) is 26.3 Å². The zero-order chi connectivity index (χ0) is 15.2. The Labute approximate surface area is 126 Å². The van der Waals surface area contributed by atoms with Crippen molar-refractivity contribution in [1.82, 2.24) is 9.88 Å². The predicted molar refractivity (Wildman–Crippen MR) is 76.4 cm³/mol. The number of hydrogen-bond donors (Lipinski definition) is 1. The van der Waals surface area contributed by atoms with Gasteiger partial charge in [-0.15, -0.1) is 0 Å². The van der Waals surface area contributed by atoms with E-state index in [1.54, 1.807) is 4.90 Å². The number of carbonyl (C=O) groups excluding carboxylic acids is 1. The molecule has 0 aliphatic carbocycles. The van der Waals surface area contributed by atoms with Crippen LogP contribution in [0.4, 0.5) is 11.5 Å². The lowest BCUT2D eigenvalue weighted by atomic mass is 10.3. The van der Waals surface area contributed by atoms with Gasteiger partial charge in [0.25, 0.3) is 0 Å². The van der Waals surface area contributed by atoms with E-state index in [1.165, 1.54) is 12.1 Å². The number of pyridine rings is 1. The molecule has 21 heavy (non-hydrogen) atoms. The average molecular weight is 315 g/mol. The number of halogens is 1. The van der Waals surface area contributed by atoms with E-state index in [4.69, 9.17) is 16.3 Å². The van der Waals surface area contributed by atoms with Crippen LogP contribution >= 0.6 is 11.6 Å². The molecule has 0 bridgehead atoms. The first-order valence-corrected chi connectivity index (χ1v) is 6.86. The minimum absolute atomic E-state index is 0.0181. The van der Waals surface area contributed by atoms with E-state index >= 15 is 0 Å². The molecule has 1 fully saturated rings. The second-order valence-corrected chi connectivity index (χ2v) is 4.82. The average Bonchev–Trinajstić information content (AvgIpc) is 2.48. The fraction of sp³-hybridized carbons (Fsp3) is 0.500. The number of carbonyl (C=O) groups is 1. The molecule has 0 aromatic carbocycles. The molecule has 9 heteroatoms. The van der Waals surface area contributed by atoms with Crippen molar-refractivity contribution in [3.8, 4) is 0 Å². The summed E-state index contributed by atoms with van der Waals surface area (Å²) in [4.78, 5) is 27.8. The molecule has 8 nitrogen and oxygen atoms in total. The maximum Gasteiger partial charge on any atom is 0.311 e. The SMILES string of the molecule is O=C(CCNc1nc(Cl)ccc1[N+](=O)[O-])N1CCOCC1. The van der Waals surface area contributed by atoms with Crippen LogP contribution in [0.3, 0.4) is 0 Å². The Morgan fingerprint density at radius 3 is 2.86 bits per heavy atom. The smallest absolute Gasteiger partial charge is 0.311 e. The molecule has 1 aliphatic heterocycles. The molecule has 1 N–H and O–H groups in total. The van der Waals surface area contributed by atoms with Crippen molar-refractivity contribution in [2.75, 3.05) is 38.2 Å². The van der Waals surface area contributed by atoms with Crippen LogP contribution < -0.4 is 5.32 Å². The Morgan fingerprint density at radius 2 is 2.19 bits per heavy atom. The van der Waals surface area contributed by atoms with Crippen molar-refractivity contribution in [2.24, 2.45) is 0 Å². The lowest BCUT2D eigenvalue weighted by molar-refractivity contribution is -0.384. The second-order valence-electron chi connectivity index (χ2n) is 4.43. The number of amides is 1. The standard InChI is InChI=1S/C12H15ClN4O4/c13-10-2-1-9(17(19)20)12(15-10)14-4-3-11(18)16-5-7-21-8-6-16/h1-2H,3-8H2,(H,14,15). The molecule has 0 radical (unpaired) electrons. The van der Waals surface area contributed by atoms with Gasteiger partial charge in [0.2, 0.25) is 11.7 Å². The molecule has 2 heterocycles. The minimum atomic E-state index is -0.546. The van der Waals surface area contributed by atoms with Crippen LogP contribution in [0, 0.1) is 10.1 Å². The fourth-order valence-electron chi connectivity index (χ4n) is 1.96. The topological polar surface area (TPSA) is 97.6 Å². The number of ether oxygens (including phenoxy) is 1. The summed E-state index contributed by atoms with van der Waals surface area (Å²) in [6.45, 7) is 2.49. The Bertz CT molecular complexity index is 534. The molecule has 1 amide bonds. The minimum Gasteiger partial charge on any atom is -0.378 e. The quantitative estimate of drug-likeness (QED) is 0.500. The number of nitro groups is 1. The highest BCUT2D eigenvalue weighted by molar-refractivity contribution is 6.29. The molecule has 114 valence electrons. The van der Waals surface area contributed by atoms with Crippen molar-refractivity contribution in [1.29, 1.82) is 0 Å². The molecular weight excluding hydrogens is 300 g/mol. The number of morpholine rings is 1. The zero-order valence-electron chi connectivity index (χ0n) is 11.2. The molecule has 0 atom stereocenters. The zero-order valence-corrected chi connectivity index (χ0v) is 12.0. The highest BCUT2D eigenvalue weighted by atomic mass is 35.5. The summed E-state index contributed by atoms with van der Waals surface area (Å²) in [5.41, 5.74) is -0.168. The van der Waals surface area contributed by atoms with Gasteiger partial charge in [0.15, 0.2) is 0 Å². The molecule has 1 saturated heterocycles. The third-order valence-electron chi connectivity index (χ3n) is 3.03. The summed E-state index contributed by atoms with van der Waals surface area (Å²) in [5.74, 6) is 0.0535. The fourth-order valence-corrected chi connectivity index (χ4v) is 2.11. The van der Waals surface area contributed by atoms with Crippen LogP contribution in [-0.2, 0) is 9.53 Å². The van der Waals surface area contributed by atoms with Gasteiger partial charge in [0.05, 0.1) is 18.1 Å². The Kier molecular flexibility index (Phi) is 5.29. The number of anilines is 1. The molecule has 1 aliphatic rings. The van der Waals surface area contributed by atoms with Crippen LogP contribution in [0.25, 0.3) is 0 Å². The van der Waals surface area contributed by atoms with Gasteiger partial charge in [-0.3, -0.25) is 14.9 Å². The van der Waals surface area contributed by atoms with Crippen LogP contribution in [0.5, 0.6) is 0 Å². The van der Waals surface area contributed by atoms with Gasteiger partial charge in [-0.05, 0) is 6.07 Å². The molecule has 0 saturated carbocycles. The first kappa shape index (κ1) is 15.5. The van der Waals surface area contributed by atoms with E-state index in [0.717, 1.165) is 0 Å². The summed E-state index contributed by atoms with van der Waals surface area (Å²) in [6.07, 6.45) is 0.228. The van der Waals surface area contributed by atoms with Gasteiger partial charge >= 0.3 is 5.69 Å². The molecular formula is C12H15ClN4O4. The van der Waals surface area contributed by atoms with Gasteiger partial charge in [0.1, 0.15) is 5.15 Å². The monoisotopic (exact) mass is 314 g/mol. The van der Waals surface area contributed by atoms with Crippen LogP contribution in [0.1, 0.15) is 6.42 Å². The predicted octanol–water partition coefficient (Wildman–Crippen LogP) is 1.30. The summed E-state index contributed by atoms with van der Waals surface area (Å²) < 4.78 is 5.17. The third kappa shape index (κ3) is 4.27. The van der Waals surface area contributed by atoms with E-state index in [1.807, 2.05) is 0 Å². The van der Waals surface area contributed by atoms with Crippen LogP contribution in [0.15, 0.2) is 12.1 Å². The molecule has 2 rings (SSSR count). The van der Waals surface area contributed by atoms with Gasteiger partial charge in [-0.1, -0.05) is 11.6 Å². The van der Waals surface area contributed by atoms with Crippen molar-refractivity contribution >= 4 is 29.0 Å². The molecule has 1 aromatic rings. The number of rotatable bonds is 5. The first-order chi connectivity index (χ1) is 10.1. The Balaban J connectivity index is 1.89. The molecule has 1 aromatic heterocycles. The maximum absolute atomic E-state index is 11.9. The number of nitrogens with one attached hydrogen (secondary N) is 1. The van der Waals surface area contributed by atoms with E-state index in [-0.39, 0.29) is 35.5 Å². The van der Waals surface area contributed by atoms with Crippen molar-refractivity contribution in [3.05, 3.63) is 27.4 Å². The normalized spacial score (nSPS) is 14.8. The third-order valence-corrected chi connectivity index (χ3v) is 3.24. The van der Waals surface area contributed by atoms with Crippen molar-refractivity contribution in [2.45, 2.75) is 6.42 Å². The first-order valence-electron chi connectivity index (χ1n) is 6.48. The van der Waals surface area contributed by atoms with E-state index in [9.17, 15) is 14.9 Å².